The van der Waals surface area contributed by atoms with Gasteiger partial charge in [0.1, 0.15) is 0 Å². The maximum atomic E-state index is 5.87. The van der Waals surface area contributed by atoms with Crippen molar-refractivity contribution < 1.29 is 4.74 Å². The molecule has 2 rings (SSSR count). The van der Waals surface area contributed by atoms with Crippen LogP contribution in [0.1, 0.15) is 31.9 Å². The van der Waals surface area contributed by atoms with Crippen molar-refractivity contribution in [1.29, 1.82) is 0 Å². The van der Waals surface area contributed by atoms with Gasteiger partial charge in [-0.2, -0.15) is 0 Å². The van der Waals surface area contributed by atoms with Gasteiger partial charge in [0.15, 0.2) is 0 Å². The van der Waals surface area contributed by atoms with E-state index in [9.17, 15) is 0 Å². The molecule has 1 fully saturated rings. The van der Waals surface area contributed by atoms with E-state index in [2.05, 4.69) is 17.2 Å². The summed E-state index contributed by atoms with van der Waals surface area (Å²) < 4.78 is 5.87. The van der Waals surface area contributed by atoms with E-state index in [-0.39, 0.29) is 0 Å². The first-order valence-corrected chi connectivity index (χ1v) is 6.63. The van der Waals surface area contributed by atoms with Gasteiger partial charge in [-0.05, 0) is 31.4 Å². The Balaban J connectivity index is 1.61. The monoisotopic (exact) mass is 234 g/mol. The molecule has 1 heterocycles. The molecule has 0 aromatic carbocycles. The van der Waals surface area contributed by atoms with Crippen molar-refractivity contribution in [2.24, 2.45) is 0 Å². The van der Waals surface area contributed by atoms with Crippen molar-refractivity contribution in [1.82, 2.24) is 10.3 Å². The number of hydrogen-bond donors (Lipinski definition) is 1. The van der Waals surface area contributed by atoms with Crippen LogP contribution in [-0.2, 0) is 11.2 Å². The summed E-state index contributed by atoms with van der Waals surface area (Å²) in [6, 6.07) is 6.78. The van der Waals surface area contributed by atoms with Gasteiger partial charge < -0.3 is 10.1 Å². The van der Waals surface area contributed by atoms with Gasteiger partial charge in [0.25, 0.3) is 0 Å². The maximum Gasteiger partial charge on any atom is 0.0697 e. The summed E-state index contributed by atoms with van der Waals surface area (Å²) in [5, 5.41) is 3.52. The molecule has 0 amide bonds. The van der Waals surface area contributed by atoms with Crippen LogP contribution in [0.25, 0.3) is 0 Å². The molecule has 0 bridgehead atoms. The third-order valence-corrected chi connectivity index (χ3v) is 3.10. The van der Waals surface area contributed by atoms with E-state index in [1.807, 2.05) is 24.4 Å². The molecule has 1 aliphatic carbocycles. The molecule has 0 aliphatic heterocycles. The minimum Gasteiger partial charge on any atom is -0.377 e. The molecule has 1 atom stereocenters. The first-order valence-electron chi connectivity index (χ1n) is 6.63. The summed E-state index contributed by atoms with van der Waals surface area (Å²) in [6.07, 6.45) is 6.83. The van der Waals surface area contributed by atoms with E-state index in [1.54, 1.807) is 0 Å². The van der Waals surface area contributed by atoms with Gasteiger partial charge in [-0.1, -0.05) is 13.0 Å². The zero-order valence-electron chi connectivity index (χ0n) is 10.6. The average Bonchev–Trinajstić information content (AvgIpc) is 3.19. The molecule has 1 aliphatic rings. The van der Waals surface area contributed by atoms with Crippen LogP contribution >= 0.6 is 0 Å². The topological polar surface area (TPSA) is 34.1 Å². The maximum absolute atomic E-state index is 5.87. The summed E-state index contributed by atoms with van der Waals surface area (Å²) in [5.74, 6) is 0. The van der Waals surface area contributed by atoms with Gasteiger partial charge in [0, 0.05) is 30.9 Å². The summed E-state index contributed by atoms with van der Waals surface area (Å²) in [5.41, 5.74) is 1.11. The molecule has 0 spiro atoms. The lowest BCUT2D eigenvalue weighted by atomic mass is 10.2. The van der Waals surface area contributed by atoms with Gasteiger partial charge >= 0.3 is 0 Å². The molecular weight excluding hydrogens is 212 g/mol. The molecule has 94 valence electrons. The lowest BCUT2D eigenvalue weighted by molar-refractivity contribution is 0.0522. The lowest BCUT2D eigenvalue weighted by Gasteiger charge is -2.16. The highest BCUT2D eigenvalue weighted by molar-refractivity contribution is 5.03. The molecule has 0 saturated heterocycles. The van der Waals surface area contributed by atoms with Crippen LogP contribution in [-0.4, -0.2) is 30.3 Å². The SMILES string of the molecule is CCC(CNC1CC1)OCCc1ccccn1. The zero-order chi connectivity index (χ0) is 11.9. The van der Waals surface area contributed by atoms with Gasteiger partial charge in [-0.25, -0.2) is 0 Å². The number of nitrogens with zero attached hydrogens (tertiary/aromatic N) is 1. The fourth-order valence-electron chi connectivity index (χ4n) is 1.78. The average molecular weight is 234 g/mol. The quantitative estimate of drug-likeness (QED) is 0.748. The van der Waals surface area contributed by atoms with Crippen molar-refractivity contribution in [3.05, 3.63) is 30.1 Å². The second-order valence-electron chi connectivity index (χ2n) is 4.65. The highest BCUT2D eigenvalue weighted by Gasteiger charge is 2.21. The Kier molecular flexibility index (Phi) is 4.95. The Hall–Kier alpha value is -0.930. The van der Waals surface area contributed by atoms with Crippen LogP contribution in [0.5, 0.6) is 0 Å². The minimum atomic E-state index is 0.347. The summed E-state index contributed by atoms with van der Waals surface area (Å²) in [7, 11) is 0. The standard InChI is InChI=1S/C14H22N2O/c1-2-14(11-16-13-6-7-13)17-10-8-12-5-3-4-9-15-12/h3-5,9,13-14,16H,2,6-8,10-11H2,1H3. The van der Waals surface area contributed by atoms with Crippen LogP contribution in [0.15, 0.2) is 24.4 Å². The van der Waals surface area contributed by atoms with Crippen molar-refractivity contribution in [2.45, 2.75) is 44.8 Å². The number of hydrogen-bond acceptors (Lipinski definition) is 3. The molecule has 3 heteroatoms. The van der Waals surface area contributed by atoms with Crippen LogP contribution in [0, 0.1) is 0 Å². The predicted molar refractivity (Wildman–Crippen MR) is 69.0 cm³/mol. The molecule has 17 heavy (non-hydrogen) atoms. The van der Waals surface area contributed by atoms with Crippen LogP contribution < -0.4 is 5.32 Å². The van der Waals surface area contributed by atoms with E-state index in [0.717, 1.165) is 37.7 Å². The minimum absolute atomic E-state index is 0.347. The first kappa shape index (κ1) is 12.5. The molecule has 1 unspecified atom stereocenters. The van der Waals surface area contributed by atoms with Crippen molar-refractivity contribution >= 4 is 0 Å². The first-order chi connectivity index (χ1) is 8.38. The fourth-order valence-corrected chi connectivity index (χ4v) is 1.78. The Morgan fingerprint density at radius 2 is 2.35 bits per heavy atom. The third kappa shape index (κ3) is 4.84. The number of nitrogens with one attached hydrogen (secondary N) is 1. The number of ether oxygens (including phenoxy) is 1. The van der Waals surface area contributed by atoms with Crippen LogP contribution in [0.2, 0.25) is 0 Å². The molecular formula is C14H22N2O. The number of pyridine rings is 1. The highest BCUT2D eigenvalue weighted by atomic mass is 16.5. The molecule has 0 radical (unpaired) electrons. The predicted octanol–water partition coefficient (Wildman–Crippen LogP) is 2.17. The molecule has 1 aromatic heterocycles. The van der Waals surface area contributed by atoms with E-state index >= 15 is 0 Å². The van der Waals surface area contributed by atoms with Gasteiger partial charge in [0.05, 0.1) is 12.7 Å². The van der Waals surface area contributed by atoms with Crippen molar-refractivity contribution in [3.8, 4) is 0 Å². The van der Waals surface area contributed by atoms with Crippen LogP contribution in [0.3, 0.4) is 0 Å². The van der Waals surface area contributed by atoms with Gasteiger partial charge in [0.2, 0.25) is 0 Å². The Morgan fingerprint density at radius 1 is 1.47 bits per heavy atom. The third-order valence-electron chi connectivity index (χ3n) is 3.10. The van der Waals surface area contributed by atoms with E-state index in [1.165, 1.54) is 12.8 Å². The molecule has 3 nitrogen and oxygen atoms in total. The van der Waals surface area contributed by atoms with Crippen molar-refractivity contribution in [2.75, 3.05) is 13.2 Å². The van der Waals surface area contributed by atoms with E-state index < -0.39 is 0 Å². The smallest absolute Gasteiger partial charge is 0.0697 e. The van der Waals surface area contributed by atoms with E-state index in [4.69, 9.17) is 4.74 Å². The van der Waals surface area contributed by atoms with Crippen molar-refractivity contribution in [3.63, 3.8) is 0 Å². The zero-order valence-corrected chi connectivity index (χ0v) is 10.6. The normalized spacial score (nSPS) is 17.0. The second-order valence-corrected chi connectivity index (χ2v) is 4.65. The molecule has 1 saturated carbocycles. The summed E-state index contributed by atoms with van der Waals surface area (Å²) in [6.45, 7) is 3.94. The number of rotatable bonds is 8. The fraction of sp³-hybridized carbons (Fsp3) is 0.643. The summed E-state index contributed by atoms with van der Waals surface area (Å²) >= 11 is 0. The Labute approximate surface area is 104 Å². The van der Waals surface area contributed by atoms with Gasteiger partial charge in [-0.3, -0.25) is 4.98 Å². The second kappa shape index (κ2) is 6.72. The Morgan fingerprint density at radius 3 is 3.00 bits per heavy atom. The number of aromatic nitrogens is 1. The molecule has 1 aromatic rings. The summed E-state index contributed by atoms with van der Waals surface area (Å²) in [4.78, 5) is 4.29. The molecule has 1 N–H and O–H groups in total. The Bertz CT molecular complexity index is 311. The lowest BCUT2D eigenvalue weighted by Crippen LogP contribution is -2.30. The van der Waals surface area contributed by atoms with Crippen LogP contribution in [0.4, 0.5) is 0 Å². The highest BCUT2D eigenvalue weighted by Crippen LogP contribution is 2.18. The van der Waals surface area contributed by atoms with E-state index in [0.29, 0.717) is 6.10 Å². The van der Waals surface area contributed by atoms with Gasteiger partial charge in [-0.15, -0.1) is 0 Å². The largest absolute Gasteiger partial charge is 0.377 e.